The molecule has 0 bridgehead atoms. The first-order chi connectivity index (χ1) is 10.5. The van der Waals surface area contributed by atoms with Crippen molar-refractivity contribution in [2.24, 2.45) is 0 Å². The van der Waals surface area contributed by atoms with Gasteiger partial charge in [0.05, 0.1) is 0 Å². The maximum atomic E-state index is 12.2. The molecule has 0 saturated carbocycles. The number of nitrogens with zero attached hydrogens (tertiary/aromatic N) is 1. The van der Waals surface area contributed by atoms with E-state index < -0.39 is 0 Å². The third-order valence-electron chi connectivity index (χ3n) is 3.20. The number of Topliss-reactive ketones (excluding diaryl/α,β-unsaturated/α-hetero) is 1. The summed E-state index contributed by atoms with van der Waals surface area (Å²) in [5.74, 6) is -0.0284. The van der Waals surface area contributed by atoms with E-state index in [2.05, 4.69) is 21.2 Å². The van der Waals surface area contributed by atoms with Gasteiger partial charge in [-0.25, -0.2) is 4.79 Å². The molecule has 0 radical (unpaired) electrons. The zero-order valence-corrected chi connectivity index (χ0v) is 14.1. The van der Waals surface area contributed by atoms with Crippen LogP contribution in [0.25, 0.3) is 0 Å². The summed E-state index contributed by atoms with van der Waals surface area (Å²) in [6.07, 6.45) is 0. The topological polar surface area (TPSA) is 49.4 Å². The van der Waals surface area contributed by atoms with Crippen LogP contribution in [0.5, 0.6) is 0 Å². The van der Waals surface area contributed by atoms with Crippen LogP contribution in [-0.4, -0.2) is 23.8 Å². The van der Waals surface area contributed by atoms with Crippen molar-refractivity contribution in [2.75, 3.05) is 12.4 Å². The van der Waals surface area contributed by atoms with E-state index in [-0.39, 0.29) is 11.8 Å². The first-order valence-electron chi connectivity index (χ1n) is 6.83. The van der Waals surface area contributed by atoms with Crippen molar-refractivity contribution in [1.82, 2.24) is 4.90 Å². The zero-order chi connectivity index (χ0) is 16.1. The maximum Gasteiger partial charge on any atom is 0.321 e. The van der Waals surface area contributed by atoms with Crippen molar-refractivity contribution in [3.63, 3.8) is 0 Å². The lowest BCUT2D eigenvalue weighted by Crippen LogP contribution is -2.30. The highest BCUT2D eigenvalue weighted by atomic mass is 79.9. The van der Waals surface area contributed by atoms with Crippen LogP contribution >= 0.6 is 15.9 Å². The summed E-state index contributed by atoms with van der Waals surface area (Å²) in [5.41, 5.74) is 2.23. The second kappa shape index (κ2) is 7.22. The highest BCUT2D eigenvalue weighted by Gasteiger charge is 2.10. The van der Waals surface area contributed by atoms with E-state index in [1.807, 2.05) is 24.3 Å². The Hall–Kier alpha value is -2.14. The molecule has 0 atom stereocenters. The molecule has 0 aromatic heterocycles. The summed E-state index contributed by atoms with van der Waals surface area (Å²) < 4.78 is 1.00. The highest BCUT2D eigenvalue weighted by molar-refractivity contribution is 9.10. The van der Waals surface area contributed by atoms with Crippen molar-refractivity contribution < 1.29 is 9.59 Å². The van der Waals surface area contributed by atoms with Crippen molar-refractivity contribution in [2.45, 2.75) is 13.5 Å². The van der Waals surface area contributed by atoms with Crippen LogP contribution < -0.4 is 5.32 Å². The Balaban J connectivity index is 2.00. The number of benzene rings is 2. The van der Waals surface area contributed by atoms with Crippen LogP contribution in [0.15, 0.2) is 53.0 Å². The average Bonchev–Trinajstić information content (AvgIpc) is 2.49. The van der Waals surface area contributed by atoms with Crippen molar-refractivity contribution in [1.29, 1.82) is 0 Å². The van der Waals surface area contributed by atoms with Gasteiger partial charge in [0.15, 0.2) is 5.78 Å². The Morgan fingerprint density at radius 2 is 1.82 bits per heavy atom. The number of nitrogens with one attached hydrogen (secondary N) is 1. The molecule has 2 amide bonds. The molecule has 114 valence electrons. The number of amides is 2. The standard InChI is InChI=1S/C17H17BrN2O2/c1-12(21)14-4-3-5-16(10-14)19-17(22)20(2)11-13-6-8-15(18)9-7-13/h3-10H,11H2,1-2H3,(H,19,22). The van der Waals surface area contributed by atoms with Crippen LogP contribution in [0, 0.1) is 0 Å². The van der Waals surface area contributed by atoms with Crippen LogP contribution in [0.2, 0.25) is 0 Å². The fraction of sp³-hybridized carbons (Fsp3) is 0.176. The number of halogens is 1. The number of carbonyl (C=O) groups excluding carboxylic acids is 2. The summed E-state index contributed by atoms with van der Waals surface area (Å²) in [7, 11) is 1.73. The molecule has 2 aromatic carbocycles. The van der Waals surface area contributed by atoms with Crippen molar-refractivity contribution >= 4 is 33.4 Å². The second-order valence-corrected chi connectivity index (χ2v) is 5.97. The number of anilines is 1. The van der Waals surface area contributed by atoms with Gasteiger partial charge in [-0.2, -0.15) is 0 Å². The number of urea groups is 1. The summed E-state index contributed by atoms with van der Waals surface area (Å²) in [6.45, 7) is 2.01. The van der Waals surface area contributed by atoms with E-state index >= 15 is 0 Å². The molecule has 0 heterocycles. The monoisotopic (exact) mass is 360 g/mol. The van der Waals surface area contributed by atoms with Crippen molar-refractivity contribution in [3.8, 4) is 0 Å². The Morgan fingerprint density at radius 1 is 1.14 bits per heavy atom. The van der Waals surface area contributed by atoms with Crippen LogP contribution in [0.4, 0.5) is 10.5 Å². The van der Waals surface area contributed by atoms with E-state index in [9.17, 15) is 9.59 Å². The Kier molecular flexibility index (Phi) is 5.33. The highest BCUT2D eigenvalue weighted by Crippen LogP contribution is 2.14. The predicted octanol–water partition coefficient (Wildman–Crippen LogP) is 4.32. The summed E-state index contributed by atoms with van der Waals surface area (Å²) in [6, 6.07) is 14.5. The first kappa shape index (κ1) is 16.2. The number of carbonyl (C=O) groups is 2. The Bertz CT molecular complexity index is 683. The zero-order valence-electron chi connectivity index (χ0n) is 12.5. The number of rotatable bonds is 4. The van der Waals surface area contributed by atoms with E-state index in [1.54, 1.807) is 36.2 Å². The lowest BCUT2D eigenvalue weighted by molar-refractivity contribution is 0.101. The van der Waals surface area contributed by atoms with Gasteiger partial charge in [0.1, 0.15) is 0 Å². The molecular formula is C17H17BrN2O2. The smallest absolute Gasteiger partial charge is 0.321 e. The molecule has 5 heteroatoms. The van der Waals surface area contributed by atoms with Gasteiger partial charge < -0.3 is 10.2 Å². The normalized spacial score (nSPS) is 10.1. The fourth-order valence-corrected chi connectivity index (χ4v) is 2.23. The first-order valence-corrected chi connectivity index (χ1v) is 7.62. The molecule has 22 heavy (non-hydrogen) atoms. The fourth-order valence-electron chi connectivity index (χ4n) is 1.97. The van der Waals surface area contributed by atoms with E-state index in [1.165, 1.54) is 6.92 Å². The molecule has 4 nitrogen and oxygen atoms in total. The predicted molar refractivity (Wildman–Crippen MR) is 91.1 cm³/mol. The van der Waals surface area contributed by atoms with Crippen LogP contribution in [-0.2, 0) is 6.54 Å². The molecule has 2 rings (SSSR count). The lowest BCUT2D eigenvalue weighted by Gasteiger charge is -2.18. The van der Waals surface area contributed by atoms with Crippen LogP contribution in [0.1, 0.15) is 22.8 Å². The third-order valence-corrected chi connectivity index (χ3v) is 3.73. The molecule has 0 unspecified atom stereocenters. The average molecular weight is 361 g/mol. The van der Waals surface area contributed by atoms with Gasteiger partial charge in [0.2, 0.25) is 0 Å². The molecule has 0 aliphatic carbocycles. The van der Waals surface area contributed by atoms with Gasteiger partial charge >= 0.3 is 6.03 Å². The second-order valence-electron chi connectivity index (χ2n) is 5.05. The molecule has 0 aliphatic heterocycles. The largest absolute Gasteiger partial charge is 0.323 e. The molecule has 0 aliphatic rings. The van der Waals surface area contributed by atoms with Gasteiger partial charge in [-0.1, -0.05) is 40.2 Å². The number of hydrogen-bond acceptors (Lipinski definition) is 2. The van der Waals surface area contributed by atoms with Gasteiger partial charge in [-0.05, 0) is 36.8 Å². The maximum absolute atomic E-state index is 12.2. The Labute approximate surface area is 138 Å². The molecule has 0 fully saturated rings. The molecule has 2 aromatic rings. The van der Waals surface area contributed by atoms with Gasteiger partial charge in [0, 0.05) is 29.3 Å². The summed E-state index contributed by atoms with van der Waals surface area (Å²) in [4.78, 5) is 25.1. The van der Waals surface area contributed by atoms with Gasteiger partial charge in [-0.15, -0.1) is 0 Å². The van der Waals surface area contributed by atoms with E-state index in [4.69, 9.17) is 0 Å². The lowest BCUT2D eigenvalue weighted by atomic mass is 10.1. The molecule has 0 saturated heterocycles. The molecule has 1 N–H and O–H groups in total. The Morgan fingerprint density at radius 3 is 2.45 bits per heavy atom. The minimum Gasteiger partial charge on any atom is -0.323 e. The van der Waals surface area contributed by atoms with Crippen molar-refractivity contribution in [3.05, 3.63) is 64.1 Å². The quantitative estimate of drug-likeness (QED) is 0.825. The van der Waals surface area contributed by atoms with Gasteiger partial charge in [-0.3, -0.25) is 4.79 Å². The van der Waals surface area contributed by atoms with E-state index in [0.29, 0.717) is 17.8 Å². The molecule has 0 spiro atoms. The SMILES string of the molecule is CC(=O)c1cccc(NC(=O)N(C)Cc2ccc(Br)cc2)c1. The minimum atomic E-state index is -0.219. The van der Waals surface area contributed by atoms with Crippen LogP contribution in [0.3, 0.4) is 0 Å². The molecular weight excluding hydrogens is 344 g/mol. The number of ketones is 1. The van der Waals surface area contributed by atoms with Gasteiger partial charge in [0.25, 0.3) is 0 Å². The minimum absolute atomic E-state index is 0.0284. The summed E-state index contributed by atoms with van der Waals surface area (Å²) >= 11 is 3.38. The third kappa shape index (κ3) is 4.43. The van der Waals surface area contributed by atoms with E-state index in [0.717, 1.165) is 10.0 Å². The summed E-state index contributed by atoms with van der Waals surface area (Å²) in [5, 5.41) is 2.79. The number of hydrogen-bond donors (Lipinski definition) is 1.